The smallest absolute Gasteiger partial charge is 0.268 e. The van der Waals surface area contributed by atoms with Gasteiger partial charge in [-0.05, 0) is 43.5 Å². The molecule has 1 heterocycles. The standard InChI is InChI=1S/C25H32N2O7S/c1-5-32-16-21-14-20(15-28)10-11-22(21)23-8-6-7-9-24(23)35(29,30)27(17-33-13-12-31-4)25-18(2)19(3)34-26-25/h6-11,14,28H,5,12-13,15-17H2,1-4H3. The number of aryl methyl sites for hydroxylation is 1. The van der Waals surface area contributed by atoms with E-state index >= 15 is 0 Å². The number of hydrogen-bond donors (Lipinski definition) is 1. The zero-order chi connectivity index (χ0) is 25.4. The number of aliphatic hydroxyl groups is 1. The SMILES string of the molecule is CCOCc1cc(CO)ccc1-c1ccccc1S(=O)(=O)N(COCCOC)c1noc(C)c1C. The van der Waals surface area contributed by atoms with Crippen LogP contribution in [0.4, 0.5) is 5.82 Å². The van der Waals surface area contributed by atoms with Crippen LogP contribution in [0.25, 0.3) is 11.1 Å². The summed E-state index contributed by atoms with van der Waals surface area (Å²) in [5.74, 6) is 0.684. The highest BCUT2D eigenvalue weighted by atomic mass is 32.2. The van der Waals surface area contributed by atoms with Crippen molar-refractivity contribution in [1.82, 2.24) is 5.16 Å². The second-order valence-electron chi connectivity index (χ2n) is 7.85. The van der Waals surface area contributed by atoms with Gasteiger partial charge in [0.15, 0.2) is 5.82 Å². The molecule has 3 aromatic rings. The van der Waals surface area contributed by atoms with Crippen LogP contribution in [0.3, 0.4) is 0 Å². The normalized spacial score (nSPS) is 11.7. The molecule has 2 aromatic carbocycles. The lowest BCUT2D eigenvalue weighted by Crippen LogP contribution is -2.35. The third-order valence-electron chi connectivity index (χ3n) is 5.57. The summed E-state index contributed by atoms with van der Waals surface area (Å²) in [6, 6.07) is 12.2. The molecule has 9 nitrogen and oxygen atoms in total. The van der Waals surface area contributed by atoms with E-state index in [9.17, 15) is 13.5 Å². The second-order valence-corrected chi connectivity index (χ2v) is 9.68. The summed E-state index contributed by atoms with van der Waals surface area (Å²) in [6.07, 6.45) is 0. The Hall–Kier alpha value is -2.76. The van der Waals surface area contributed by atoms with E-state index in [1.54, 1.807) is 57.4 Å². The van der Waals surface area contributed by atoms with E-state index < -0.39 is 10.0 Å². The first-order chi connectivity index (χ1) is 16.8. The highest BCUT2D eigenvalue weighted by molar-refractivity contribution is 7.93. The topological polar surface area (TPSA) is 111 Å². The van der Waals surface area contributed by atoms with E-state index in [1.807, 2.05) is 13.0 Å². The molecular formula is C25H32N2O7S. The first kappa shape index (κ1) is 26.8. The Morgan fingerprint density at radius 2 is 1.83 bits per heavy atom. The zero-order valence-electron chi connectivity index (χ0n) is 20.5. The number of aliphatic hydroxyl groups excluding tert-OH is 1. The molecule has 0 saturated heterocycles. The summed E-state index contributed by atoms with van der Waals surface area (Å²) in [5.41, 5.74) is 3.29. The maximum Gasteiger partial charge on any atom is 0.268 e. The number of ether oxygens (including phenoxy) is 3. The van der Waals surface area contributed by atoms with Crippen LogP contribution >= 0.6 is 0 Å². The molecular weight excluding hydrogens is 472 g/mol. The van der Waals surface area contributed by atoms with Gasteiger partial charge in [-0.3, -0.25) is 0 Å². The van der Waals surface area contributed by atoms with Crippen molar-refractivity contribution < 1.29 is 32.3 Å². The van der Waals surface area contributed by atoms with Crippen LogP contribution in [0.1, 0.15) is 29.4 Å². The predicted octanol–water partition coefficient (Wildman–Crippen LogP) is 3.80. The molecule has 1 N–H and O–H groups in total. The van der Waals surface area contributed by atoms with Gasteiger partial charge in [0.25, 0.3) is 10.0 Å². The average Bonchev–Trinajstić information content (AvgIpc) is 3.20. The van der Waals surface area contributed by atoms with Gasteiger partial charge in [0.1, 0.15) is 12.5 Å². The predicted molar refractivity (Wildman–Crippen MR) is 131 cm³/mol. The Morgan fingerprint density at radius 1 is 1.06 bits per heavy atom. The maximum absolute atomic E-state index is 14.1. The van der Waals surface area contributed by atoms with Crippen molar-refractivity contribution in [2.24, 2.45) is 0 Å². The van der Waals surface area contributed by atoms with Crippen LogP contribution in [0.2, 0.25) is 0 Å². The molecule has 190 valence electrons. The van der Waals surface area contributed by atoms with E-state index in [4.69, 9.17) is 18.7 Å². The van der Waals surface area contributed by atoms with Crippen LogP contribution < -0.4 is 4.31 Å². The van der Waals surface area contributed by atoms with Gasteiger partial charge >= 0.3 is 0 Å². The Balaban J connectivity index is 2.12. The molecule has 0 saturated carbocycles. The highest BCUT2D eigenvalue weighted by Gasteiger charge is 2.32. The fourth-order valence-corrected chi connectivity index (χ4v) is 5.10. The van der Waals surface area contributed by atoms with Crippen LogP contribution in [0.5, 0.6) is 0 Å². The Morgan fingerprint density at radius 3 is 2.49 bits per heavy atom. The molecule has 0 amide bonds. The van der Waals surface area contributed by atoms with Crippen LogP contribution in [-0.2, 0) is 37.4 Å². The Kier molecular flexibility index (Phi) is 9.41. The minimum Gasteiger partial charge on any atom is -0.392 e. The Labute approximate surface area is 206 Å². The van der Waals surface area contributed by atoms with Gasteiger partial charge in [0.05, 0.1) is 31.3 Å². The number of nitrogens with zero attached hydrogens (tertiary/aromatic N) is 2. The van der Waals surface area contributed by atoms with Crippen molar-refractivity contribution in [3.63, 3.8) is 0 Å². The molecule has 0 aliphatic rings. The summed E-state index contributed by atoms with van der Waals surface area (Å²) >= 11 is 0. The van der Waals surface area contributed by atoms with E-state index in [0.717, 1.165) is 9.87 Å². The molecule has 0 atom stereocenters. The van der Waals surface area contributed by atoms with Crippen molar-refractivity contribution >= 4 is 15.8 Å². The van der Waals surface area contributed by atoms with E-state index in [1.165, 1.54) is 0 Å². The monoisotopic (exact) mass is 504 g/mol. The largest absolute Gasteiger partial charge is 0.392 e. The average molecular weight is 505 g/mol. The van der Waals surface area contributed by atoms with Crippen LogP contribution in [-0.4, -0.2) is 52.3 Å². The first-order valence-corrected chi connectivity index (χ1v) is 12.7. The number of benzene rings is 2. The summed E-state index contributed by atoms with van der Waals surface area (Å²) in [5, 5.41) is 13.6. The minimum atomic E-state index is -4.13. The molecule has 3 rings (SSSR count). The third-order valence-corrected chi connectivity index (χ3v) is 7.34. The zero-order valence-corrected chi connectivity index (χ0v) is 21.3. The lowest BCUT2D eigenvalue weighted by Gasteiger charge is -2.24. The van der Waals surface area contributed by atoms with Crippen molar-refractivity contribution in [3.8, 4) is 11.1 Å². The van der Waals surface area contributed by atoms with Crippen molar-refractivity contribution in [2.75, 3.05) is 38.0 Å². The molecule has 0 radical (unpaired) electrons. The number of hydrogen-bond acceptors (Lipinski definition) is 8. The van der Waals surface area contributed by atoms with E-state index in [2.05, 4.69) is 5.16 Å². The molecule has 35 heavy (non-hydrogen) atoms. The molecule has 10 heteroatoms. The molecule has 0 bridgehead atoms. The summed E-state index contributed by atoms with van der Waals surface area (Å²) < 4.78 is 50.7. The number of aromatic nitrogens is 1. The number of methoxy groups -OCH3 is 1. The second kappa shape index (κ2) is 12.3. The van der Waals surface area contributed by atoms with Gasteiger partial charge in [-0.2, -0.15) is 0 Å². The molecule has 1 aromatic heterocycles. The lowest BCUT2D eigenvalue weighted by atomic mass is 9.98. The molecule has 0 spiro atoms. The van der Waals surface area contributed by atoms with Crippen molar-refractivity contribution in [2.45, 2.75) is 38.9 Å². The number of sulfonamides is 1. The first-order valence-electron chi connectivity index (χ1n) is 11.3. The van der Waals surface area contributed by atoms with Gasteiger partial charge in [0.2, 0.25) is 0 Å². The molecule has 0 fully saturated rings. The van der Waals surface area contributed by atoms with Gasteiger partial charge in [0, 0.05) is 24.8 Å². The number of anilines is 1. The van der Waals surface area contributed by atoms with E-state index in [-0.39, 0.29) is 37.3 Å². The maximum atomic E-state index is 14.1. The fourth-order valence-electron chi connectivity index (χ4n) is 3.55. The summed E-state index contributed by atoms with van der Waals surface area (Å²) in [7, 11) is -2.58. The lowest BCUT2D eigenvalue weighted by molar-refractivity contribution is 0.0753. The van der Waals surface area contributed by atoms with Crippen molar-refractivity contribution in [3.05, 3.63) is 64.9 Å². The van der Waals surface area contributed by atoms with Crippen LogP contribution in [0, 0.1) is 13.8 Å². The van der Waals surface area contributed by atoms with Gasteiger partial charge in [-0.1, -0.05) is 41.6 Å². The fraction of sp³-hybridized carbons (Fsp3) is 0.400. The van der Waals surface area contributed by atoms with Gasteiger partial charge in [-0.15, -0.1) is 0 Å². The van der Waals surface area contributed by atoms with Gasteiger partial charge < -0.3 is 23.8 Å². The van der Waals surface area contributed by atoms with Gasteiger partial charge in [-0.25, -0.2) is 12.7 Å². The van der Waals surface area contributed by atoms with Crippen LogP contribution in [0.15, 0.2) is 51.9 Å². The molecule has 0 unspecified atom stereocenters. The minimum absolute atomic E-state index is 0.0879. The quantitative estimate of drug-likeness (QED) is 0.276. The summed E-state index contributed by atoms with van der Waals surface area (Å²) in [4.78, 5) is 0.0879. The third kappa shape index (κ3) is 6.09. The molecule has 0 aliphatic heterocycles. The Bertz CT molecular complexity index is 1220. The summed E-state index contributed by atoms with van der Waals surface area (Å²) in [6.45, 7) is 6.27. The molecule has 0 aliphatic carbocycles. The van der Waals surface area contributed by atoms with E-state index in [0.29, 0.717) is 41.2 Å². The highest BCUT2D eigenvalue weighted by Crippen LogP contribution is 2.35. The number of rotatable bonds is 13. The van der Waals surface area contributed by atoms with Crippen molar-refractivity contribution in [1.29, 1.82) is 0 Å².